The quantitative estimate of drug-likeness (QED) is 0.0472. The van der Waals surface area contributed by atoms with Gasteiger partial charge in [-0.2, -0.15) is 0 Å². The van der Waals surface area contributed by atoms with Crippen LogP contribution < -0.4 is 9.47 Å². The minimum Gasteiger partial charge on any atom is -0.494 e. The fraction of sp³-hybridized carbons (Fsp3) is 0.390. The van der Waals surface area contributed by atoms with Gasteiger partial charge < -0.3 is 18.9 Å². The highest BCUT2D eigenvalue weighted by Gasteiger charge is 2.23. The predicted molar refractivity (Wildman–Crippen MR) is 189 cm³/mol. The molecular formula is C41H48O7. The third kappa shape index (κ3) is 12.5. The Kier molecular flexibility index (Phi) is 14.5. The molecule has 7 nitrogen and oxygen atoms in total. The van der Waals surface area contributed by atoms with E-state index in [-0.39, 0.29) is 24.5 Å². The maximum atomic E-state index is 12.2. The number of hydrogen-bond acceptors (Lipinski definition) is 7. The van der Waals surface area contributed by atoms with Gasteiger partial charge in [-0.15, -0.1) is 0 Å². The fourth-order valence-electron chi connectivity index (χ4n) is 5.38. The summed E-state index contributed by atoms with van der Waals surface area (Å²) >= 11 is 0. The highest BCUT2D eigenvalue weighted by Crippen LogP contribution is 2.25. The van der Waals surface area contributed by atoms with Gasteiger partial charge >= 0.3 is 17.9 Å². The molecule has 48 heavy (non-hydrogen) atoms. The first kappa shape index (κ1) is 36.2. The highest BCUT2D eigenvalue weighted by molar-refractivity contribution is 5.88. The van der Waals surface area contributed by atoms with E-state index in [1.807, 2.05) is 36.4 Å². The SMILES string of the molecule is C=C(C)C(=O)Oc1ccc(-c2ccc(/C=C/c3ccc(OCCCCCCOC(=O)C(C)CC(=O)OC4CCCCC4)cc3)cc2)cc1. The number of unbranched alkanes of at least 4 members (excludes halogenated alkanes) is 3. The molecular weight excluding hydrogens is 604 g/mol. The van der Waals surface area contributed by atoms with Gasteiger partial charge in [0.1, 0.15) is 17.6 Å². The van der Waals surface area contributed by atoms with E-state index in [4.69, 9.17) is 18.9 Å². The summed E-state index contributed by atoms with van der Waals surface area (Å²) in [7, 11) is 0. The molecule has 4 rings (SSSR count). The Balaban J connectivity index is 1.07. The van der Waals surface area contributed by atoms with E-state index in [2.05, 4.69) is 43.0 Å². The third-order valence-electron chi connectivity index (χ3n) is 8.28. The molecule has 1 aliphatic carbocycles. The molecule has 0 amide bonds. The van der Waals surface area contributed by atoms with Crippen molar-refractivity contribution in [1.29, 1.82) is 0 Å². The van der Waals surface area contributed by atoms with Gasteiger partial charge in [0, 0.05) is 5.57 Å². The molecule has 0 saturated heterocycles. The van der Waals surface area contributed by atoms with Crippen LogP contribution in [0.3, 0.4) is 0 Å². The van der Waals surface area contributed by atoms with E-state index in [1.54, 1.807) is 26.0 Å². The molecule has 3 aromatic carbocycles. The summed E-state index contributed by atoms with van der Waals surface area (Å²) in [4.78, 5) is 36.1. The summed E-state index contributed by atoms with van der Waals surface area (Å²) < 4.78 is 22.1. The Morgan fingerprint density at radius 3 is 1.90 bits per heavy atom. The lowest BCUT2D eigenvalue weighted by Gasteiger charge is -2.22. The van der Waals surface area contributed by atoms with E-state index in [0.29, 0.717) is 24.5 Å². The van der Waals surface area contributed by atoms with E-state index in [1.165, 1.54) is 6.42 Å². The molecule has 1 fully saturated rings. The third-order valence-corrected chi connectivity index (χ3v) is 8.28. The van der Waals surface area contributed by atoms with E-state index >= 15 is 0 Å². The Morgan fingerprint density at radius 2 is 1.29 bits per heavy atom. The highest BCUT2D eigenvalue weighted by atomic mass is 16.5. The Labute approximate surface area is 284 Å². The van der Waals surface area contributed by atoms with Crippen molar-refractivity contribution in [2.45, 2.75) is 84.2 Å². The molecule has 1 saturated carbocycles. The standard InChI is InChI=1S/C41H48O7/c1-30(2)40(43)48-38-25-21-35(22-26-38)34-19-15-32(16-20-34)13-14-33-17-23-36(24-18-33)45-27-9-4-5-10-28-46-41(44)31(3)29-39(42)47-37-11-7-6-8-12-37/h13-26,31,37H,1,4-12,27-29H2,2-3H3/b14-13+. The van der Waals surface area contributed by atoms with Crippen LogP contribution >= 0.6 is 0 Å². The van der Waals surface area contributed by atoms with Crippen molar-refractivity contribution in [3.05, 3.63) is 96.1 Å². The normalized spacial score (nSPS) is 13.9. The zero-order chi connectivity index (χ0) is 34.1. The van der Waals surface area contributed by atoms with Crippen LogP contribution in [0.4, 0.5) is 0 Å². The van der Waals surface area contributed by atoms with E-state index in [9.17, 15) is 14.4 Å². The van der Waals surface area contributed by atoms with Crippen LogP contribution in [0.15, 0.2) is 84.9 Å². The number of ether oxygens (including phenoxy) is 4. The number of rotatable bonds is 17. The maximum absolute atomic E-state index is 12.2. The molecule has 0 radical (unpaired) electrons. The number of hydrogen-bond donors (Lipinski definition) is 0. The molecule has 0 spiro atoms. The van der Waals surface area contributed by atoms with Gasteiger partial charge in [0.15, 0.2) is 0 Å². The van der Waals surface area contributed by atoms with E-state index in [0.717, 1.165) is 79.4 Å². The zero-order valence-electron chi connectivity index (χ0n) is 28.3. The van der Waals surface area contributed by atoms with Gasteiger partial charge in [-0.1, -0.05) is 80.6 Å². The van der Waals surface area contributed by atoms with Gasteiger partial charge in [-0.3, -0.25) is 9.59 Å². The number of benzene rings is 3. The first-order valence-corrected chi connectivity index (χ1v) is 17.1. The number of carbonyl (C=O) groups excluding carboxylic acids is 3. The van der Waals surface area contributed by atoms with Gasteiger partial charge in [0.05, 0.1) is 25.6 Å². The summed E-state index contributed by atoms with van der Waals surface area (Å²) in [6.45, 7) is 7.94. The summed E-state index contributed by atoms with van der Waals surface area (Å²) in [5.41, 5.74) is 4.64. The minimum atomic E-state index is -0.484. The summed E-state index contributed by atoms with van der Waals surface area (Å²) in [6, 6.07) is 23.7. The molecule has 0 N–H and O–H groups in total. The first-order chi connectivity index (χ1) is 23.3. The van der Waals surface area contributed by atoms with Gasteiger partial charge in [-0.05, 0) is 105 Å². The molecule has 0 heterocycles. The minimum absolute atomic E-state index is 0.0120. The molecule has 7 heteroatoms. The Morgan fingerprint density at radius 1 is 0.750 bits per heavy atom. The van der Waals surface area contributed by atoms with Gasteiger partial charge in [-0.25, -0.2) is 4.79 Å². The number of carbonyl (C=O) groups is 3. The molecule has 3 aromatic rings. The van der Waals surface area contributed by atoms with Crippen LogP contribution in [-0.4, -0.2) is 37.2 Å². The van der Waals surface area contributed by atoms with Crippen molar-refractivity contribution in [2.24, 2.45) is 5.92 Å². The lowest BCUT2D eigenvalue weighted by atomic mass is 9.98. The summed E-state index contributed by atoms with van der Waals surface area (Å²) in [5, 5.41) is 0. The molecule has 1 aliphatic rings. The average Bonchev–Trinajstić information content (AvgIpc) is 3.09. The van der Waals surface area contributed by atoms with Crippen LogP contribution in [-0.2, 0) is 23.9 Å². The zero-order valence-corrected chi connectivity index (χ0v) is 28.3. The first-order valence-electron chi connectivity index (χ1n) is 17.1. The average molecular weight is 653 g/mol. The second kappa shape index (κ2) is 19.2. The Hall–Kier alpha value is -4.65. The van der Waals surface area contributed by atoms with Gasteiger partial charge in [0.25, 0.3) is 0 Å². The summed E-state index contributed by atoms with van der Waals surface area (Å²) in [6.07, 6.45) is 13.1. The van der Waals surface area contributed by atoms with Crippen molar-refractivity contribution < 1.29 is 33.3 Å². The maximum Gasteiger partial charge on any atom is 0.338 e. The topological polar surface area (TPSA) is 88.1 Å². The van der Waals surface area contributed by atoms with Crippen LogP contribution in [0, 0.1) is 5.92 Å². The second-order valence-corrected chi connectivity index (χ2v) is 12.5. The largest absolute Gasteiger partial charge is 0.494 e. The van der Waals surface area contributed by atoms with Crippen LogP contribution in [0.5, 0.6) is 11.5 Å². The lowest BCUT2D eigenvalue weighted by Crippen LogP contribution is -2.25. The van der Waals surface area contributed by atoms with Crippen LogP contribution in [0.25, 0.3) is 23.3 Å². The molecule has 254 valence electrons. The molecule has 0 aliphatic heterocycles. The van der Waals surface area contributed by atoms with Crippen molar-refractivity contribution >= 4 is 30.1 Å². The lowest BCUT2D eigenvalue weighted by molar-refractivity contribution is -0.158. The second-order valence-electron chi connectivity index (χ2n) is 12.5. The monoisotopic (exact) mass is 652 g/mol. The predicted octanol–water partition coefficient (Wildman–Crippen LogP) is 9.39. The van der Waals surface area contributed by atoms with Crippen LogP contribution in [0.2, 0.25) is 0 Å². The summed E-state index contributed by atoms with van der Waals surface area (Å²) in [5.74, 6) is -0.220. The fourth-order valence-corrected chi connectivity index (χ4v) is 5.38. The van der Waals surface area contributed by atoms with Crippen LogP contribution in [0.1, 0.15) is 89.2 Å². The molecule has 1 atom stereocenters. The Bertz CT molecular complexity index is 1500. The number of esters is 3. The van der Waals surface area contributed by atoms with Crippen molar-refractivity contribution in [1.82, 2.24) is 0 Å². The van der Waals surface area contributed by atoms with Crippen molar-refractivity contribution in [3.8, 4) is 22.6 Å². The molecule has 1 unspecified atom stereocenters. The van der Waals surface area contributed by atoms with Crippen molar-refractivity contribution in [3.63, 3.8) is 0 Å². The molecule has 0 bridgehead atoms. The smallest absolute Gasteiger partial charge is 0.338 e. The van der Waals surface area contributed by atoms with Crippen molar-refractivity contribution in [2.75, 3.05) is 13.2 Å². The molecule has 0 aromatic heterocycles. The van der Waals surface area contributed by atoms with E-state index < -0.39 is 11.9 Å². The van der Waals surface area contributed by atoms with Gasteiger partial charge in [0.2, 0.25) is 0 Å².